The van der Waals surface area contributed by atoms with Gasteiger partial charge in [0.2, 0.25) is 0 Å². The van der Waals surface area contributed by atoms with Crippen molar-refractivity contribution in [3.8, 4) is 0 Å². The number of nitro benzene ring substituents is 1. The van der Waals surface area contributed by atoms with E-state index in [2.05, 4.69) is 26.7 Å². The summed E-state index contributed by atoms with van der Waals surface area (Å²) < 4.78 is 0. The molecule has 0 saturated heterocycles. The molecule has 3 aromatic rings. The average Bonchev–Trinajstić information content (AvgIpc) is 2.93. The van der Waals surface area contributed by atoms with Crippen LogP contribution in [0, 0.1) is 17.0 Å². The molecule has 0 amide bonds. The number of benzene rings is 1. The van der Waals surface area contributed by atoms with Gasteiger partial charge in [-0.25, -0.2) is 9.97 Å². The van der Waals surface area contributed by atoms with Crippen molar-refractivity contribution in [1.82, 2.24) is 9.97 Å². The first-order chi connectivity index (χ1) is 11.1. The molecule has 118 valence electrons. The van der Waals surface area contributed by atoms with Crippen molar-refractivity contribution >= 4 is 38.7 Å². The highest BCUT2D eigenvalue weighted by Crippen LogP contribution is 2.27. The van der Waals surface area contributed by atoms with Gasteiger partial charge < -0.3 is 10.6 Å². The number of nitrogens with one attached hydrogen (secondary N) is 2. The lowest BCUT2D eigenvalue weighted by atomic mass is 10.3. The van der Waals surface area contributed by atoms with Gasteiger partial charge in [-0.3, -0.25) is 10.1 Å². The Bertz CT molecular complexity index is 832. The van der Waals surface area contributed by atoms with E-state index < -0.39 is 4.92 Å². The molecule has 1 aromatic carbocycles. The minimum Gasteiger partial charge on any atom is -0.383 e. The van der Waals surface area contributed by atoms with Crippen molar-refractivity contribution in [2.45, 2.75) is 6.92 Å². The van der Waals surface area contributed by atoms with E-state index in [9.17, 15) is 10.1 Å². The number of hydrogen-bond donors (Lipinski definition) is 2. The first-order valence-electron chi connectivity index (χ1n) is 7.07. The zero-order chi connectivity index (χ0) is 16.2. The van der Waals surface area contributed by atoms with Gasteiger partial charge in [0.25, 0.3) is 5.69 Å². The standard InChI is InChI=1S/C15H15N5O2S/c1-10-8-13-14(18-9-19-15(13)23-10)17-7-6-16-11-2-4-12(5-3-11)20(21)22/h2-5,8-9,16H,6-7H2,1H3,(H,17,18,19). The maximum absolute atomic E-state index is 10.6. The van der Waals surface area contributed by atoms with E-state index >= 15 is 0 Å². The molecule has 8 heteroatoms. The Morgan fingerprint density at radius 3 is 2.65 bits per heavy atom. The number of nitro groups is 1. The van der Waals surface area contributed by atoms with Crippen LogP contribution < -0.4 is 10.6 Å². The van der Waals surface area contributed by atoms with Crippen molar-refractivity contribution < 1.29 is 4.92 Å². The molecule has 0 fully saturated rings. The first-order valence-corrected chi connectivity index (χ1v) is 7.88. The van der Waals surface area contributed by atoms with E-state index in [0.717, 1.165) is 21.7 Å². The molecule has 0 aliphatic heterocycles. The molecular weight excluding hydrogens is 314 g/mol. The number of rotatable bonds is 6. The van der Waals surface area contributed by atoms with Crippen LogP contribution in [0.1, 0.15) is 4.88 Å². The molecule has 3 rings (SSSR count). The van der Waals surface area contributed by atoms with Crippen LogP contribution in [0.4, 0.5) is 17.2 Å². The summed E-state index contributed by atoms with van der Waals surface area (Å²) in [6.07, 6.45) is 1.56. The monoisotopic (exact) mass is 329 g/mol. The van der Waals surface area contributed by atoms with Crippen molar-refractivity contribution in [2.75, 3.05) is 23.7 Å². The summed E-state index contributed by atoms with van der Waals surface area (Å²) in [6, 6.07) is 8.44. The van der Waals surface area contributed by atoms with Gasteiger partial charge in [0.1, 0.15) is 17.0 Å². The van der Waals surface area contributed by atoms with Gasteiger partial charge in [-0.05, 0) is 25.1 Å². The Morgan fingerprint density at radius 1 is 1.17 bits per heavy atom. The maximum Gasteiger partial charge on any atom is 0.269 e. The molecule has 23 heavy (non-hydrogen) atoms. The highest BCUT2D eigenvalue weighted by atomic mass is 32.1. The normalized spacial score (nSPS) is 10.7. The molecule has 7 nitrogen and oxygen atoms in total. The molecule has 0 bridgehead atoms. The summed E-state index contributed by atoms with van der Waals surface area (Å²) in [5.41, 5.74) is 0.932. The van der Waals surface area contributed by atoms with E-state index in [-0.39, 0.29) is 5.69 Å². The van der Waals surface area contributed by atoms with E-state index in [0.29, 0.717) is 13.1 Å². The van der Waals surface area contributed by atoms with Crippen LogP contribution in [0.15, 0.2) is 36.7 Å². The third kappa shape index (κ3) is 3.54. The van der Waals surface area contributed by atoms with Crippen LogP contribution in [0.25, 0.3) is 10.2 Å². The predicted molar refractivity (Wildman–Crippen MR) is 92.2 cm³/mol. The molecule has 0 spiro atoms. The van der Waals surface area contributed by atoms with Crippen LogP contribution in [0.5, 0.6) is 0 Å². The maximum atomic E-state index is 10.6. The van der Waals surface area contributed by atoms with Crippen LogP contribution >= 0.6 is 11.3 Å². The average molecular weight is 329 g/mol. The molecule has 2 heterocycles. The quantitative estimate of drug-likeness (QED) is 0.409. The fourth-order valence-electron chi connectivity index (χ4n) is 2.21. The van der Waals surface area contributed by atoms with E-state index in [1.54, 1.807) is 29.8 Å². The SMILES string of the molecule is Cc1cc2c(NCCNc3ccc([N+](=O)[O-])cc3)ncnc2s1. The summed E-state index contributed by atoms with van der Waals surface area (Å²) in [5, 5.41) is 18.1. The predicted octanol–water partition coefficient (Wildman–Crippen LogP) is 3.43. The second kappa shape index (κ2) is 6.57. The molecule has 0 saturated carbocycles. The molecule has 2 aromatic heterocycles. The smallest absolute Gasteiger partial charge is 0.269 e. The second-order valence-corrected chi connectivity index (χ2v) is 6.19. The largest absolute Gasteiger partial charge is 0.383 e. The van der Waals surface area contributed by atoms with Crippen molar-refractivity contribution in [1.29, 1.82) is 0 Å². The third-order valence-electron chi connectivity index (χ3n) is 3.28. The Kier molecular flexibility index (Phi) is 4.33. The topological polar surface area (TPSA) is 93.0 Å². The van der Waals surface area contributed by atoms with Crippen LogP contribution in [0.2, 0.25) is 0 Å². The number of fused-ring (bicyclic) bond motifs is 1. The number of hydrogen-bond acceptors (Lipinski definition) is 7. The minimum absolute atomic E-state index is 0.0879. The van der Waals surface area contributed by atoms with Gasteiger partial charge in [-0.15, -0.1) is 11.3 Å². The molecule has 0 aliphatic carbocycles. The lowest BCUT2D eigenvalue weighted by Gasteiger charge is -2.08. The third-order valence-corrected chi connectivity index (χ3v) is 4.24. The number of nitrogens with zero attached hydrogens (tertiary/aromatic N) is 3. The Hall–Kier alpha value is -2.74. The Labute approximate surface area is 136 Å². The molecular formula is C15H15N5O2S. The van der Waals surface area contributed by atoms with Crippen LogP contribution in [-0.2, 0) is 0 Å². The molecule has 0 unspecified atom stereocenters. The fourth-order valence-corrected chi connectivity index (χ4v) is 3.05. The zero-order valence-corrected chi connectivity index (χ0v) is 13.3. The van der Waals surface area contributed by atoms with E-state index in [4.69, 9.17) is 0 Å². The number of aryl methyl sites for hydroxylation is 1. The van der Waals surface area contributed by atoms with Gasteiger partial charge in [0.15, 0.2) is 0 Å². The number of anilines is 2. The molecule has 2 N–H and O–H groups in total. The highest BCUT2D eigenvalue weighted by molar-refractivity contribution is 7.18. The lowest BCUT2D eigenvalue weighted by molar-refractivity contribution is -0.384. The lowest BCUT2D eigenvalue weighted by Crippen LogP contribution is -2.14. The first kappa shape index (κ1) is 15.2. The summed E-state index contributed by atoms with van der Waals surface area (Å²) in [7, 11) is 0. The van der Waals surface area contributed by atoms with E-state index in [1.807, 2.05) is 6.92 Å². The molecule has 0 radical (unpaired) electrons. The Morgan fingerprint density at radius 2 is 1.91 bits per heavy atom. The molecule has 0 atom stereocenters. The van der Waals surface area contributed by atoms with Crippen LogP contribution in [0.3, 0.4) is 0 Å². The van der Waals surface area contributed by atoms with Crippen molar-refractivity contribution in [2.24, 2.45) is 0 Å². The van der Waals surface area contributed by atoms with Crippen molar-refractivity contribution in [3.63, 3.8) is 0 Å². The fraction of sp³-hybridized carbons (Fsp3) is 0.200. The van der Waals surface area contributed by atoms with Gasteiger partial charge in [-0.1, -0.05) is 0 Å². The van der Waals surface area contributed by atoms with Gasteiger partial charge in [0, 0.05) is 35.8 Å². The van der Waals surface area contributed by atoms with Crippen LogP contribution in [-0.4, -0.2) is 28.0 Å². The summed E-state index contributed by atoms with van der Waals surface area (Å²) in [4.78, 5) is 20.9. The number of thiophene rings is 1. The second-order valence-electron chi connectivity index (χ2n) is 4.96. The summed E-state index contributed by atoms with van der Waals surface area (Å²) in [6.45, 7) is 3.40. The van der Waals surface area contributed by atoms with Gasteiger partial charge in [-0.2, -0.15) is 0 Å². The van der Waals surface area contributed by atoms with Crippen molar-refractivity contribution in [3.05, 3.63) is 51.7 Å². The molecule has 0 aliphatic rings. The summed E-state index contributed by atoms with van der Waals surface area (Å²) in [5.74, 6) is 0.824. The highest BCUT2D eigenvalue weighted by Gasteiger charge is 2.06. The van der Waals surface area contributed by atoms with Gasteiger partial charge >= 0.3 is 0 Å². The number of non-ortho nitro benzene ring substituents is 1. The number of aromatic nitrogens is 2. The summed E-state index contributed by atoms with van der Waals surface area (Å²) >= 11 is 1.64. The van der Waals surface area contributed by atoms with Gasteiger partial charge in [0.05, 0.1) is 10.3 Å². The Balaban J connectivity index is 1.55. The zero-order valence-electron chi connectivity index (χ0n) is 12.4. The minimum atomic E-state index is -0.408. The van der Waals surface area contributed by atoms with E-state index in [1.165, 1.54) is 17.0 Å².